The van der Waals surface area contributed by atoms with Gasteiger partial charge in [0.1, 0.15) is 5.82 Å². The van der Waals surface area contributed by atoms with Crippen LogP contribution in [0.5, 0.6) is 0 Å². The van der Waals surface area contributed by atoms with Crippen molar-refractivity contribution < 1.29 is 9.18 Å². The zero-order chi connectivity index (χ0) is 12.6. The van der Waals surface area contributed by atoms with Crippen molar-refractivity contribution in [3.8, 4) is 0 Å². The lowest BCUT2D eigenvalue weighted by molar-refractivity contribution is 0.103. The first-order valence-corrected chi connectivity index (χ1v) is 6.74. The number of hydrogen-bond acceptors (Lipinski definition) is 2. The topological polar surface area (TPSA) is 17.1 Å². The van der Waals surface area contributed by atoms with Gasteiger partial charge in [0, 0.05) is 16.0 Å². The second-order valence-corrected chi connectivity index (χ2v) is 6.46. The Hall–Kier alpha value is -0.710. The molecule has 0 amide bonds. The highest BCUT2D eigenvalue weighted by Gasteiger charge is 2.18. The first kappa shape index (κ1) is 12.7. The van der Waals surface area contributed by atoms with Gasteiger partial charge in [-0.05, 0) is 41.1 Å². The van der Waals surface area contributed by atoms with Gasteiger partial charge in [-0.2, -0.15) is 0 Å². The summed E-state index contributed by atoms with van der Waals surface area (Å²) < 4.78 is 14.1. The van der Waals surface area contributed by atoms with E-state index in [4.69, 9.17) is 11.6 Å². The molecule has 0 unspecified atom stereocenters. The van der Waals surface area contributed by atoms with Crippen LogP contribution in [0.2, 0.25) is 5.02 Å². The number of carbonyl (C=O) groups is 1. The highest BCUT2D eigenvalue weighted by Crippen LogP contribution is 2.30. The van der Waals surface area contributed by atoms with Gasteiger partial charge in [-0.3, -0.25) is 4.79 Å². The van der Waals surface area contributed by atoms with Crippen LogP contribution in [0.4, 0.5) is 4.39 Å². The predicted octanol–water partition coefficient (Wildman–Crippen LogP) is 4.84. The van der Waals surface area contributed by atoms with Crippen molar-refractivity contribution in [2.75, 3.05) is 0 Å². The molecule has 0 aliphatic carbocycles. The summed E-state index contributed by atoms with van der Waals surface area (Å²) >= 11 is 10.6. The molecule has 0 radical (unpaired) electrons. The third kappa shape index (κ3) is 2.44. The number of hydrogen-bond donors (Lipinski definition) is 0. The summed E-state index contributed by atoms with van der Waals surface area (Å²) in [6.07, 6.45) is 0. The van der Waals surface area contributed by atoms with Gasteiger partial charge in [0.15, 0.2) is 5.78 Å². The van der Waals surface area contributed by atoms with E-state index < -0.39 is 5.82 Å². The molecule has 1 nitrogen and oxygen atoms in total. The molecule has 0 saturated carbocycles. The summed E-state index contributed by atoms with van der Waals surface area (Å²) in [7, 11) is 0. The Balaban J connectivity index is 2.51. The maximum atomic E-state index is 13.3. The van der Waals surface area contributed by atoms with Gasteiger partial charge in [0.2, 0.25) is 0 Å². The Kier molecular flexibility index (Phi) is 3.66. The van der Waals surface area contributed by atoms with Crippen molar-refractivity contribution >= 4 is 44.7 Å². The molecule has 0 bridgehead atoms. The first-order chi connectivity index (χ1) is 8.00. The van der Waals surface area contributed by atoms with Crippen LogP contribution in [0.15, 0.2) is 28.1 Å². The van der Waals surface area contributed by atoms with Gasteiger partial charge in [-0.25, -0.2) is 4.39 Å². The van der Waals surface area contributed by atoms with Gasteiger partial charge in [0.25, 0.3) is 0 Å². The molecule has 1 heterocycles. The lowest BCUT2D eigenvalue weighted by Crippen LogP contribution is -2.03. The van der Waals surface area contributed by atoms with Gasteiger partial charge in [-0.15, -0.1) is 11.3 Å². The van der Waals surface area contributed by atoms with Crippen molar-refractivity contribution in [2.45, 2.75) is 6.92 Å². The van der Waals surface area contributed by atoms with Crippen molar-refractivity contribution in [3.63, 3.8) is 0 Å². The maximum absolute atomic E-state index is 13.3. The molecule has 0 atom stereocenters. The molecule has 2 rings (SSSR count). The van der Waals surface area contributed by atoms with E-state index in [1.165, 1.54) is 29.5 Å². The molecule has 1 aromatic carbocycles. The molecule has 5 heteroatoms. The fourth-order valence-corrected chi connectivity index (χ4v) is 3.40. The number of benzene rings is 1. The van der Waals surface area contributed by atoms with Gasteiger partial charge in [0.05, 0.1) is 8.81 Å². The van der Waals surface area contributed by atoms with Gasteiger partial charge < -0.3 is 0 Å². The third-order valence-electron chi connectivity index (χ3n) is 2.33. The van der Waals surface area contributed by atoms with Crippen LogP contribution in [-0.2, 0) is 0 Å². The van der Waals surface area contributed by atoms with Crippen LogP contribution >= 0.6 is 38.9 Å². The first-order valence-electron chi connectivity index (χ1n) is 4.75. The highest BCUT2D eigenvalue weighted by atomic mass is 79.9. The highest BCUT2D eigenvalue weighted by molar-refractivity contribution is 9.11. The largest absolute Gasteiger partial charge is 0.289 e. The van der Waals surface area contributed by atoms with E-state index in [1.54, 1.807) is 6.07 Å². The smallest absolute Gasteiger partial charge is 0.195 e. The molecule has 0 spiro atoms. The maximum Gasteiger partial charge on any atom is 0.195 e. The molecule has 0 aliphatic rings. The van der Waals surface area contributed by atoms with E-state index in [-0.39, 0.29) is 16.4 Å². The summed E-state index contributed by atoms with van der Waals surface area (Å²) in [5.41, 5.74) is 0.745. The third-order valence-corrected chi connectivity index (χ3v) is 4.27. The van der Waals surface area contributed by atoms with Crippen molar-refractivity contribution in [2.24, 2.45) is 0 Å². The van der Waals surface area contributed by atoms with Crippen LogP contribution < -0.4 is 0 Å². The molecule has 17 heavy (non-hydrogen) atoms. The minimum atomic E-state index is -0.579. The van der Waals surface area contributed by atoms with E-state index in [1.807, 2.05) is 6.92 Å². The Bertz CT molecular complexity index is 594. The van der Waals surface area contributed by atoms with Crippen LogP contribution in [0.25, 0.3) is 0 Å². The molecule has 0 N–H and O–H groups in total. The standard InChI is InChI=1S/C12H7BrClFOS/c1-6-8(5-10(13)17-6)12(16)7-3-2-4-9(15)11(7)14/h2-5H,1H3. The van der Waals surface area contributed by atoms with Crippen LogP contribution in [0.1, 0.15) is 20.8 Å². The molecule has 88 valence electrons. The number of halogens is 3. The lowest BCUT2D eigenvalue weighted by atomic mass is 10.0. The average Bonchev–Trinajstić information content (AvgIpc) is 2.61. The lowest BCUT2D eigenvalue weighted by Gasteiger charge is -2.03. The van der Waals surface area contributed by atoms with Crippen molar-refractivity contribution in [1.82, 2.24) is 0 Å². The molecule has 0 saturated heterocycles. The fraction of sp³-hybridized carbons (Fsp3) is 0.0833. The monoisotopic (exact) mass is 332 g/mol. The van der Waals surface area contributed by atoms with Crippen LogP contribution in [0, 0.1) is 12.7 Å². The number of thiophene rings is 1. The number of ketones is 1. The number of carbonyl (C=O) groups excluding carboxylic acids is 1. The molecule has 2 aromatic rings. The Morgan fingerprint density at radius 2 is 2.12 bits per heavy atom. The number of rotatable bonds is 2. The number of aryl methyl sites for hydroxylation is 1. The SMILES string of the molecule is Cc1sc(Br)cc1C(=O)c1cccc(F)c1Cl. The molecular weight excluding hydrogens is 327 g/mol. The van der Waals surface area contributed by atoms with E-state index in [2.05, 4.69) is 15.9 Å². The van der Waals surface area contributed by atoms with Gasteiger partial charge >= 0.3 is 0 Å². The second kappa shape index (κ2) is 4.88. The fourth-order valence-electron chi connectivity index (χ4n) is 1.50. The Labute approximate surface area is 115 Å². The van der Waals surface area contributed by atoms with Crippen LogP contribution in [0.3, 0.4) is 0 Å². The Morgan fingerprint density at radius 1 is 1.41 bits per heavy atom. The van der Waals surface area contributed by atoms with Crippen molar-refractivity contribution in [3.05, 3.63) is 54.9 Å². The van der Waals surface area contributed by atoms with E-state index in [9.17, 15) is 9.18 Å². The normalized spacial score (nSPS) is 10.6. The van der Waals surface area contributed by atoms with E-state index in [0.29, 0.717) is 5.56 Å². The van der Waals surface area contributed by atoms with Gasteiger partial charge in [-0.1, -0.05) is 17.7 Å². The summed E-state index contributed by atoms with van der Waals surface area (Å²) in [6, 6.07) is 5.96. The summed E-state index contributed by atoms with van der Waals surface area (Å²) in [4.78, 5) is 13.1. The summed E-state index contributed by atoms with van der Waals surface area (Å²) in [5.74, 6) is -0.835. The summed E-state index contributed by atoms with van der Waals surface area (Å²) in [5, 5.41) is -0.126. The molecule has 1 aromatic heterocycles. The second-order valence-electron chi connectivity index (χ2n) is 3.45. The molecule has 0 aliphatic heterocycles. The molecule has 0 fully saturated rings. The quantitative estimate of drug-likeness (QED) is 0.719. The zero-order valence-corrected chi connectivity index (χ0v) is 11.9. The predicted molar refractivity (Wildman–Crippen MR) is 71.6 cm³/mol. The summed E-state index contributed by atoms with van der Waals surface area (Å²) in [6.45, 7) is 1.84. The van der Waals surface area contributed by atoms with E-state index in [0.717, 1.165) is 8.66 Å². The van der Waals surface area contributed by atoms with Crippen LogP contribution in [-0.4, -0.2) is 5.78 Å². The Morgan fingerprint density at radius 3 is 2.71 bits per heavy atom. The zero-order valence-electron chi connectivity index (χ0n) is 8.76. The minimum Gasteiger partial charge on any atom is -0.289 e. The van der Waals surface area contributed by atoms with E-state index >= 15 is 0 Å². The average molecular weight is 334 g/mol. The van der Waals surface area contributed by atoms with Crippen molar-refractivity contribution in [1.29, 1.82) is 0 Å². The minimum absolute atomic E-state index is 0.126. The molecular formula is C12H7BrClFOS.